The molecule has 0 aliphatic rings. The highest BCUT2D eigenvalue weighted by molar-refractivity contribution is 5.09. The molecule has 0 fully saturated rings. The van der Waals surface area contributed by atoms with Crippen LogP contribution in [0.5, 0.6) is 0 Å². The molecule has 1 aromatic heterocycles. The molecule has 0 saturated carbocycles. The highest BCUT2D eigenvalue weighted by atomic mass is 16.5. The molecule has 0 amide bonds. The molecule has 0 unspecified atom stereocenters. The molecule has 4 nitrogen and oxygen atoms in total. The van der Waals surface area contributed by atoms with E-state index < -0.39 is 0 Å². The van der Waals surface area contributed by atoms with Crippen molar-refractivity contribution in [3.05, 3.63) is 30.1 Å². The maximum Gasteiger partial charge on any atom is 0.0518 e. The molecule has 1 heterocycles. The molecule has 1 rings (SSSR count). The van der Waals surface area contributed by atoms with E-state index in [9.17, 15) is 0 Å². The summed E-state index contributed by atoms with van der Waals surface area (Å²) in [7, 11) is 2.17. The lowest BCUT2D eigenvalue weighted by molar-refractivity contribution is 0.0770. The van der Waals surface area contributed by atoms with E-state index in [4.69, 9.17) is 4.74 Å². The normalized spacial score (nSPS) is 11.4. The van der Waals surface area contributed by atoms with Crippen LogP contribution >= 0.6 is 0 Å². The van der Waals surface area contributed by atoms with E-state index in [0.717, 1.165) is 45.6 Å². The standard InChI is InChI=1S/C16H29N3O/c1-15(2)20-14-4-8-17-11-13-19(3)12-7-16-5-9-18-10-6-16/h5-6,9-10,15,17H,4,7-8,11-14H2,1-3H3. The third-order valence-corrected chi connectivity index (χ3v) is 3.15. The van der Waals surface area contributed by atoms with Gasteiger partial charge in [0, 0.05) is 38.6 Å². The minimum atomic E-state index is 0.342. The molecule has 0 spiro atoms. The first-order valence-corrected chi connectivity index (χ1v) is 7.58. The van der Waals surface area contributed by atoms with Crippen molar-refractivity contribution in [1.29, 1.82) is 0 Å². The second-order valence-corrected chi connectivity index (χ2v) is 5.43. The summed E-state index contributed by atoms with van der Waals surface area (Å²) in [6.07, 6.45) is 6.22. The lowest BCUT2D eigenvalue weighted by Crippen LogP contribution is -2.31. The molecule has 0 aliphatic heterocycles. The van der Waals surface area contributed by atoms with E-state index in [2.05, 4.69) is 48.2 Å². The summed E-state index contributed by atoms with van der Waals surface area (Å²) < 4.78 is 5.50. The molecule has 0 aromatic carbocycles. The van der Waals surface area contributed by atoms with Crippen LogP contribution in [0.25, 0.3) is 0 Å². The fourth-order valence-electron chi connectivity index (χ4n) is 1.89. The zero-order valence-corrected chi connectivity index (χ0v) is 13.1. The summed E-state index contributed by atoms with van der Waals surface area (Å²) in [6.45, 7) is 9.23. The number of rotatable bonds is 11. The predicted molar refractivity (Wildman–Crippen MR) is 84.0 cm³/mol. The minimum Gasteiger partial charge on any atom is -0.379 e. The van der Waals surface area contributed by atoms with Crippen molar-refractivity contribution in [2.45, 2.75) is 32.8 Å². The van der Waals surface area contributed by atoms with Crippen LogP contribution in [0.2, 0.25) is 0 Å². The Kier molecular flexibility index (Phi) is 9.20. The van der Waals surface area contributed by atoms with Crippen LogP contribution < -0.4 is 5.32 Å². The second-order valence-electron chi connectivity index (χ2n) is 5.43. The molecular weight excluding hydrogens is 250 g/mol. The van der Waals surface area contributed by atoms with Crippen molar-refractivity contribution in [2.24, 2.45) is 0 Å². The SMILES string of the molecule is CC(C)OCCCNCCN(C)CCc1ccncc1. The first kappa shape index (κ1) is 17.1. The molecule has 20 heavy (non-hydrogen) atoms. The Bertz CT molecular complexity index is 330. The fourth-order valence-corrected chi connectivity index (χ4v) is 1.89. The first-order chi connectivity index (χ1) is 9.68. The first-order valence-electron chi connectivity index (χ1n) is 7.58. The van der Waals surface area contributed by atoms with Crippen molar-refractivity contribution in [1.82, 2.24) is 15.2 Å². The van der Waals surface area contributed by atoms with Crippen LogP contribution in [0.4, 0.5) is 0 Å². The van der Waals surface area contributed by atoms with Crippen molar-refractivity contribution < 1.29 is 4.74 Å². The molecule has 114 valence electrons. The van der Waals surface area contributed by atoms with E-state index in [1.165, 1.54) is 5.56 Å². The molecule has 0 saturated heterocycles. The molecule has 0 aliphatic carbocycles. The number of hydrogen-bond donors (Lipinski definition) is 1. The van der Waals surface area contributed by atoms with E-state index in [-0.39, 0.29) is 0 Å². The van der Waals surface area contributed by atoms with Gasteiger partial charge in [-0.2, -0.15) is 0 Å². The topological polar surface area (TPSA) is 37.4 Å². The van der Waals surface area contributed by atoms with Gasteiger partial charge in [0.05, 0.1) is 6.10 Å². The Balaban J connectivity index is 1.94. The van der Waals surface area contributed by atoms with Gasteiger partial charge in [-0.1, -0.05) is 0 Å². The zero-order chi connectivity index (χ0) is 14.6. The van der Waals surface area contributed by atoms with Crippen LogP contribution in [-0.2, 0) is 11.2 Å². The van der Waals surface area contributed by atoms with Crippen LogP contribution in [0.1, 0.15) is 25.8 Å². The summed E-state index contributed by atoms with van der Waals surface area (Å²) in [5.41, 5.74) is 1.35. The molecule has 1 aromatic rings. The number of nitrogens with zero attached hydrogens (tertiary/aromatic N) is 2. The van der Waals surface area contributed by atoms with Gasteiger partial charge in [0.15, 0.2) is 0 Å². The van der Waals surface area contributed by atoms with Crippen molar-refractivity contribution in [2.75, 3.05) is 39.8 Å². The lowest BCUT2D eigenvalue weighted by Gasteiger charge is -2.17. The van der Waals surface area contributed by atoms with Crippen LogP contribution in [0.15, 0.2) is 24.5 Å². The van der Waals surface area contributed by atoms with Gasteiger partial charge in [0.1, 0.15) is 0 Å². The Labute approximate surface area is 123 Å². The number of hydrogen-bond acceptors (Lipinski definition) is 4. The van der Waals surface area contributed by atoms with E-state index in [1.807, 2.05) is 12.4 Å². The second kappa shape index (κ2) is 10.8. The highest BCUT2D eigenvalue weighted by Gasteiger charge is 1.99. The summed E-state index contributed by atoms with van der Waals surface area (Å²) in [5, 5.41) is 3.46. The maximum absolute atomic E-state index is 5.50. The third kappa shape index (κ3) is 9.02. The maximum atomic E-state index is 5.50. The Morgan fingerprint density at radius 2 is 1.95 bits per heavy atom. The number of nitrogens with one attached hydrogen (secondary N) is 1. The zero-order valence-electron chi connectivity index (χ0n) is 13.1. The number of ether oxygens (including phenoxy) is 1. The number of likely N-dealkylation sites (N-methyl/N-ethyl adjacent to an activating group) is 1. The highest BCUT2D eigenvalue weighted by Crippen LogP contribution is 1.98. The van der Waals surface area contributed by atoms with Crippen LogP contribution in [0, 0.1) is 0 Å². The number of aromatic nitrogens is 1. The van der Waals surface area contributed by atoms with Gasteiger partial charge in [-0.05, 0) is 58.0 Å². The molecular formula is C16H29N3O. The van der Waals surface area contributed by atoms with Gasteiger partial charge in [-0.15, -0.1) is 0 Å². The van der Waals surface area contributed by atoms with Gasteiger partial charge in [-0.3, -0.25) is 4.98 Å². The fraction of sp³-hybridized carbons (Fsp3) is 0.688. The Morgan fingerprint density at radius 3 is 2.65 bits per heavy atom. The van der Waals surface area contributed by atoms with E-state index in [0.29, 0.717) is 6.10 Å². The molecule has 0 radical (unpaired) electrons. The number of pyridine rings is 1. The van der Waals surface area contributed by atoms with Crippen molar-refractivity contribution >= 4 is 0 Å². The van der Waals surface area contributed by atoms with Crippen LogP contribution in [0.3, 0.4) is 0 Å². The van der Waals surface area contributed by atoms with Gasteiger partial charge >= 0.3 is 0 Å². The van der Waals surface area contributed by atoms with Crippen LogP contribution in [-0.4, -0.2) is 55.8 Å². The van der Waals surface area contributed by atoms with Gasteiger partial charge in [-0.25, -0.2) is 0 Å². The monoisotopic (exact) mass is 279 g/mol. The van der Waals surface area contributed by atoms with Gasteiger partial charge < -0.3 is 15.0 Å². The quantitative estimate of drug-likeness (QED) is 0.628. The molecule has 0 bridgehead atoms. The summed E-state index contributed by atoms with van der Waals surface area (Å²) in [6, 6.07) is 4.17. The smallest absolute Gasteiger partial charge is 0.0518 e. The average molecular weight is 279 g/mol. The van der Waals surface area contributed by atoms with Crippen molar-refractivity contribution in [3.63, 3.8) is 0 Å². The average Bonchev–Trinajstić information content (AvgIpc) is 2.45. The predicted octanol–water partition coefficient (Wildman–Crippen LogP) is 1.96. The molecule has 4 heteroatoms. The van der Waals surface area contributed by atoms with E-state index in [1.54, 1.807) is 0 Å². The van der Waals surface area contributed by atoms with Crippen molar-refractivity contribution in [3.8, 4) is 0 Å². The molecule has 1 N–H and O–H groups in total. The summed E-state index contributed by atoms with van der Waals surface area (Å²) in [4.78, 5) is 6.39. The van der Waals surface area contributed by atoms with E-state index >= 15 is 0 Å². The Hall–Kier alpha value is -0.970. The molecule has 0 atom stereocenters. The van der Waals surface area contributed by atoms with Gasteiger partial charge in [0.25, 0.3) is 0 Å². The summed E-state index contributed by atoms with van der Waals surface area (Å²) in [5.74, 6) is 0. The lowest BCUT2D eigenvalue weighted by atomic mass is 10.2. The van der Waals surface area contributed by atoms with Gasteiger partial charge in [0.2, 0.25) is 0 Å². The largest absolute Gasteiger partial charge is 0.379 e. The third-order valence-electron chi connectivity index (χ3n) is 3.15. The summed E-state index contributed by atoms with van der Waals surface area (Å²) >= 11 is 0. The Morgan fingerprint density at radius 1 is 1.20 bits per heavy atom. The minimum absolute atomic E-state index is 0.342.